The summed E-state index contributed by atoms with van der Waals surface area (Å²) in [5.41, 5.74) is 2.61. The predicted octanol–water partition coefficient (Wildman–Crippen LogP) is 4.02. The molecule has 0 atom stereocenters. The third-order valence-corrected chi connectivity index (χ3v) is 3.95. The lowest BCUT2D eigenvalue weighted by molar-refractivity contribution is 0.251. The lowest BCUT2D eigenvalue weighted by atomic mass is 10.3. The van der Waals surface area contributed by atoms with Crippen LogP contribution in [0.2, 0.25) is 10.0 Å². The van der Waals surface area contributed by atoms with E-state index in [-0.39, 0.29) is 6.03 Å². The highest BCUT2D eigenvalue weighted by atomic mass is 35.5. The number of carbonyl (C=O) groups excluding carboxylic acids is 1. The van der Waals surface area contributed by atoms with Gasteiger partial charge in [0.2, 0.25) is 0 Å². The van der Waals surface area contributed by atoms with Crippen LogP contribution < -0.4 is 10.6 Å². The molecule has 1 aromatic heterocycles. The molecule has 0 bridgehead atoms. The highest BCUT2D eigenvalue weighted by Crippen LogP contribution is 2.29. The number of halogens is 2. The van der Waals surface area contributed by atoms with Crippen molar-refractivity contribution in [3.63, 3.8) is 0 Å². The van der Waals surface area contributed by atoms with Gasteiger partial charge in [-0.25, -0.2) is 4.79 Å². The number of rotatable bonds is 5. The molecule has 0 fully saturated rings. The molecule has 2 amide bonds. The SMILES string of the molecule is Cc1cc(C)n(CCCNC(=O)Nc2cccc(Cl)c2Cl)n1. The zero-order valence-corrected chi connectivity index (χ0v) is 14.0. The molecule has 22 heavy (non-hydrogen) atoms. The van der Waals surface area contributed by atoms with E-state index in [0.717, 1.165) is 24.4 Å². The monoisotopic (exact) mass is 340 g/mol. The minimum absolute atomic E-state index is 0.308. The molecular weight excluding hydrogens is 323 g/mol. The van der Waals surface area contributed by atoms with Crippen LogP contribution in [0, 0.1) is 13.8 Å². The Labute approximate surface area is 139 Å². The van der Waals surface area contributed by atoms with E-state index in [2.05, 4.69) is 15.7 Å². The molecule has 0 aliphatic rings. The summed E-state index contributed by atoms with van der Waals surface area (Å²) in [5, 5.41) is 10.6. The average molecular weight is 341 g/mol. The van der Waals surface area contributed by atoms with Crippen LogP contribution in [0.1, 0.15) is 17.8 Å². The Bertz CT molecular complexity index is 670. The molecule has 0 aliphatic carbocycles. The number of hydrogen-bond acceptors (Lipinski definition) is 2. The third-order valence-electron chi connectivity index (χ3n) is 3.14. The molecule has 5 nitrogen and oxygen atoms in total. The van der Waals surface area contributed by atoms with Crippen LogP contribution in [0.25, 0.3) is 0 Å². The van der Waals surface area contributed by atoms with Gasteiger partial charge < -0.3 is 10.6 Å². The van der Waals surface area contributed by atoms with Crippen molar-refractivity contribution in [2.45, 2.75) is 26.8 Å². The summed E-state index contributed by atoms with van der Waals surface area (Å²) in [4.78, 5) is 11.8. The highest BCUT2D eigenvalue weighted by Gasteiger charge is 2.07. The van der Waals surface area contributed by atoms with Crippen molar-refractivity contribution >= 4 is 34.9 Å². The fourth-order valence-corrected chi connectivity index (χ4v) is 2.45. The largest absolute Gasteiger partial charge is 0.338 e. The molecular formula is C15H18Cl2N4O. The number of anilines is 1. The third kappa shape index (κ3) is 4.39. The average Bonchev–Trinajstić information content (AvgIpc) is 2.78. The van der Waals surface area contributed by atoms with Gasteiger partial charge >= 0.3 is 6.03 Å². The van der Waals surface area contributed by atoms with Crippen molar-refractivity contribution in [3.05, 3.63) is 45.7 Å². The molecule has 0 aliphatic heterocycles. The number of carbonyl (C=O) groups is 1. The van der Waals surface area contributed by atoms with Gasteiger partial charge in [-0.1, -0.05) is 29.3 Å². The second-order valence-electron chi connectivity index (χ2n) is 4.99. The van der Waals surface area contributed by atoms with E-state index in [4.69, 9.17) is 23.2 Å². The zero-order chi connectivity index (χ0) is 16.1. The molecule has 0 radical (unpaired) electrons. The molecule has 0 spiro atoms. The Morgan fingerprint density at radius 3 is 2.77 bits per heavy atom. The van der Waals surface area contributed by atoms with Crippen molar-refractivity contribution < 1.29 is 4.79 Å². The second-order valence-corrected chi connectivity index (χ2v) is 5.77. The van der Waals surface area contributed by atoms with Gasteiger partial charge in [-0.2, -0.15) is 5.10 Å². The number of aromatic nitrogens is 2. The minimum atomic E-state index is -0.308. The van der Waals surface area contributed by atoms with E-state index in [1.807, 2.05) is 24.6 Å². The summed E-state index contributed by atoms with van der Waals surface area (Å²) < 4.78 is 1.93. The number of nitrogens with zero attached hydrogens (tertiary/aromatic N) is 2. The Kier molecular flexibility index (Phi) is 5.69. The fraction of sp³-hybridized carbons (Fsp3) is 0.333. The predicted molar refractivity (Wildman–Crippen MR) is 89.8 cm³/mol. The van der Waals surface area contributed by atoms with E-state index in [1.165, 1.54) is 0 Å². The summed E-state index contributed by atoms with van der Waals surface area (Å²) in [5.74, 6) is 0. The van der Waals surface area contributed by atoms with E-state index < -0.39 is 0 Å². The Hall–Kier alpha value is -1.72. The zero-order valence-electron chi connectivity index (χ0n) is 12.5. The van der Waals surface area contributed by atoms with Gasteiger partial charge in [-0.15, -0.1) is 0 Å². The first kappa shape index (κ1) is 16.6. The molecule has 2 aromatic rings. The topological polar surface area (TPSA) is 59.0 Å². The first-order valence-corrected chi connectivity index (χ1v) is 7.73. The Balaban J connectivity index is 1.76. The van der Waals surface area contributed by atoms with E-state index in [1.54, 1.807) is 18.2 Å². The number of hydrogen-bond donors (Lipinski definition) is 2. The maximum atomic E-state index is 11.8. The Morgan fingerprint density at radius 1 is 1.32 bits per heavy atom. The Morgan fingerprint density at radius 2 is 2.09 bits per heavy atom. The van der Waals surface area contributed by atoms with Crippen molar-refractivity contribution in [3.8, 4) is 0 Å². The van der Waals surface area contributed by atoms with Crippen molar-refractivity contribution in [2.75, 3.05) is 11.9 Å². The van der Waals surface area contributed by atoms with Crippen LogP contribution in [-0.4, -0.2) is 22.4 Å². The number of aryl methyl sites for hydroxylation is 3. The van der Waals surface area contributed by atoms with Gasteiger partial charge in [-0.3, -0.25) is 4.68 Å². The van der Waals surface area contributed by atoms with Gasteiger partial charge in [0.15, 0.2) is 0 Å². The first-order valence-electron chi connectivity index (χ1n) is 6.97. The smallest absolute Gasteiger partial charge is 0.319 e. The first-order chi connectivity index (χ1) is 10.5. The molecule has 2 N–H and O–H groups in total. The molecule has 7 heteroatoms. The van der Waals surface area contributed by atoms with Gasteiger partial charge in [-0.05, 0) is 38.5 Å². The highest BCUT2D eigenvalue weighted by molar-refractivity contribution is 6.43. The van der Waals surface area contributed by atoms with Gasteiger partial charge in [0.1, 0.15) is 0 Å². The van der Waals surface area contributed by atoms with Crippen LogP contribution in [0.4, 0.5) is 10.5 Å². The van der Waals surface area contributed by atoms with E-state index in [9.17, 15) is 4.79 Å². The van der Waals surface area contributed by atoms with E-state index in [0.29, 0.717) is 22.3 Å². The molecule has 0 unspecified atom stereocenters. The molecule has 0 saturated heterocycles. The summed E-state index contributed by atoms with van der Waals surface area (Å²) >= 11 is 11.9. The number of nitrogens with one attached hydrogen (secondary N) is 2. The van der Waals surface area contributed by atoms with Crippen LogP contribution in [0.15, 0.2) is 24.3 Å². The normalized spacial score (nSPS) is 10.5. The number of amides is 2. The van der Waals surface area contributed by atoms with Crippen LogP contribution in [0.3, 0.4) is 0 Å². The minimum Gasteiger partial charge on any atom is -0.338 e. The number of benzene rings is 1. The van der Waals surface area contributed by atoms with Gasteiger partial charge in [0, 0.05) is 18.8 Å². The summed E-state index contributed by atoms with van der Waals surface area (Å²) in [6, 6.07) is 6.82. The van der Waals surface area contributed by atoms with Crippen molar-refractivity contribution in [1.82, 2.24) is 15.1 Å². The molecule has 1 aromatic carbocycles. The summed E-state index contributed by atoms with van der Waals surface area (Å²) in [7, 11) is 0. The molecule has 1 heterocycles. The van der Waals surface area contributed by atoms with Crippen molar-refractivity contribution in [2.24, 2.45) is 0 Å². The lowest BCUT2D eigenvalue weighted by Gasteiger charge is -2.10. The lowest BCUT2D eigenvalue weighted by Crippen LogP contribution is -2.30. The number of urea groups is 1. The quantitative estimate of drug-likeness (QED) is 0.807. The maximum absolute atomic E-state index is 11.8. The molecule has 0 saturated carbocycles. The fourth-order valence-electron chi connectivity index (χ4n) is 2.10. The second kappa shape index (κ2) is 7.51. The van der Waals surface area contributed by atoms with Crippen LogP contribution in [-0.2, 0) is 6.54 Å². The van der Waals surface area contributed by atoms with Gasteiger partial charge in [0.05, 0.1) is 21.4 Å². The molecule has 118 valence electrons. The standard InChI is InChI=1S/C15H18Cl2N4O/c1-10-9-11(2)21(20-10)8-4-7-18-15(22)19-13-6-3-5-12(16)14(13)17/h3,5-6,9H,4,7-8H2,1-2H3,(H2,18,19,22). The van der Waals surface area contributed by atoms with E-state index >= 15 is 0 Å². The van der Waals surface area contributed by atoms with Gasteiger partial charge in [0.25, 0.3) is 0 Å². The summed E-state index contributed by atoms with van der Waals surface area (Å²) in [6.45, 7) is 5.28. The molecule has 2 rings (SSSR count). The summed E-state index contributed by atoms with van der Waals surface area (Å²) in [6.07, 6.45) is 0.790. The van der Waals surface area contributed by atoms with Crippen molar-refractivity contribution in [1.29, 1.82) is 0 Å². The van der Waals surface area contributed by atoms with Crippen LogP contribution >= 0.6 is 23.2 Å². The maximum Gasteiger partial charge on any atom is 0.319 e. The van der Waals surface area contributed by atoms with Crippen LogP contribution in [0.5, 0.6) is 0 Å².